The second-order valence-electron chi connectivity index (χ2n) is 12.5. The summed E-state index contributed by atoms with van der Waals surface area (Å²) in [5, 5.41) is 10.6. The summed E-state index contributed by atoms with van der Waals surface area (Å²) in [6.07, 6.45) is 0.00650. The molecule has 11 nitrogen and oxygen atoms in total. The van der Waals surface area contributed by atoms with E-state index in [0.29, 0.717) is 37.3 Å². The minimum absolute atomic E-state index is 0.120. The van der Waals surface area contributed by atoms with Crippen molar-refractivity contribution in [1.29, 1.82) is 0 Å². The normalized spacial score (nSPS) is 22.0. The first-order valence-corrected chi connectivity index (χ1v) is 15.5. The molecular formula is C32H38F2N8O3. The van der Waals surface area contributed by atoms with E-state index < -0.39 is 18.0 Å². The SMILES string of the molecule is COC[C@H]1CN(c2ccc3nc4n(c3c2)C[C@@H]2CC[C@H](COc3c(c(C(F)F)nn3C)-c3cc(cc(C)n3)C(=O)N4)C2)CCN1. The van der Waals surface area contributed by atoms with Crippen LogP contribution in [-0.2, 0) is 18.3 Å². The first-order valence-electron chi connectivity index (χ1n) is 15.5. The first kappa shape index (κ1) is 29.6. The lowest BCUT2D eigenvalue weighted by atomic mass is 10.1. The highest BCUT2D eigenvalue weighted by Gasteiger charge is 2.32. The molecule has 1 saturated carbocycles. The number of anilines is 2. The molecule has 3 aromatic heterocycles. The number of aryl methyl sites for hydroxylation is 2. The molecule has 1 aromatic carbocycles. The number of hydrogen-bond acceptors (Lipinski definition) is 8. The van der Waals surface area contributed by atoms with Gasteiger partial charge in [0.05, 0.1) is 35.5 Å². The molecule has 45 heavy (non-hydrogen) atoms. The number of methoxy groups -OCH3 is 1. The van der Waals surface area contributed by atoms with Crippen LogP contribution in [0.4, 0.5) is 20.4 Å². The van der Waals surface area contributed by atoms with Gasteiger partial charge < -0.3 is 24.3 Å². The molecule has 5 heterocycles. The van der Waals surface area contributed by atoms with Crippen molar-refractivity contribution in [2.75, 3.05) is 50.2 Å². The summed E-state index contributed by atoms with van der Waals surface area (Å²) in [5.74, 6) is 0.886. The van der Waals surface area contributed by atoms with Crippen LogP contribution in [0.1, 0.15) is 47.4 Å². The summed E-state index contributed by atoms with van der Waals surface area (Å²) in [4.78, 5) is 25.6. The third-order valence-electron chi connectivity index (χ3n) is 9.19. The Kier molecular flexibility index (Phi) is 7.90. The van der Waals surface area contributed by atoms with Crippen LogP contribution in [-0.4, -0.2) is 76.2 Å². The van der Waals surface area contributed by atoms with E-state index in [-0.39, 0.29) is 34.7 Å². The summed E-state index contributed by atoms with van der Waals surface area (Å²) >= 11 is 0. The number of hydrogen-bond donors (Lipinski definition) is 2. The van der Waals surface area contributed by atoms with Gasteiger partial charge in [0.15, 0.2) is 0 Å². The molecule has 2 aliphatic heterocycles. The molecule has 1 amide bonds. The number of fused-ring (bicyclic) bond motifs is 9. The van der Waals surface area contributed by atoms with Crippen molar-refractivity contribution in [2.24, 2.45) is 18.9 Å². The van der Waals surface area contributed by atoms with Crippen molar-refractivity contribution in [2.45, 2.75) is 45.2 Å². The molecule has 2 N–H and O–H groups in total. The maximum Gasteiger partial charge on any atom is 0.282 e. The molecule has 13 heteroatoms. The van der Waals surface area contributed by atoms with Crippen molar-refractivity contribution >= 4 is 28.6 Å². The third kappa shape index (κ3) is 5.74. The lowest BCUT2D eigenvalue weighted by Gasteiger charge is -2.35. The number of ether oxygens (including phenoxy) is 2. The average molecular weight is 621 g/mol. The second kappa shape index (κ2) is 12.0. The van der Waals surface area contributed by atoms with Gasteiger partial charge in [0, 0.05) is 63.3 Å². The average Bonchev–Trinajstić information content (AvgIpc) is 3.71. The number of imidazole rings is 1. The predicted octanol–water partition coefficient (Wildman–Crippen LogP) is 4.56. The summed E-state index contributed by atoms with van der Waals surface area (Å²) in [6, 6.07) is 9.67. The molecule has 0 spiro atoms. The van der Waals surface area contributed by atoms with Gasteiger partial charge in [-0.1, -0.05) is 0 Å². The maximum absolute atomic E-state index is 14.2. The van der Waals surface area contributed by atoms with Crippen LogP contribution in [0.2, 0.25) is 0 Å². The topological polar surface area (TPSA) is 111 Å². The molecule has 3 aliphatic rings. The lowest BCUT2D eigenvalue weighted by molar-refractivity contribution is 0.102. The van der Waals surface area contributed by atoms with Crippen LogP contribution in [0.3, 0.4) is 0 Å². The number of amides is 1. The van der Waals surface area contributed by atoms with Crippen molar-refractivity contribution in [3.63, 3.8) is 0 Å². The number of piperazine rings is 1. The number of benzene rings is 1. The molecule has 3 atom stereocenters. The van der Waals surface area contributed by atoms with Gasteiger partial charge in [0.1, 0.15) is 5.69 Å². The Morgan fingerprint density at radius 1 is 1.13 bits per heavy atom. The monoisotopic (exact) mass is 620 g/mol. The Hall–Kier alpha value is -4.10. The molecule has 4 aromatic rings. The van der Waals surface area contributed by atoms with E-state index in [1.165, 1.54) is 10.7 Å². The van der Waals surface area contributed by atoms with E-state index in [1.54, 1.807) is 27.1 Å². The Balaban J connectivity index is 1.30. The van der Waals surface area contributed by atoms with Crippen LogP contribution < -0.4 is 20.3 Å². The first-order chi connectivity index (χ1) is 21.8. The van der Waals surface area contributed by atoms with Crippen LogP contribution in [0, 0.1) is 18.8 Å². The number of halogens is 2. The highest BCUT2D eigenvalue weighted by molar-refractivity contribution is 6.05. The van der Waals surface area contributed by atoms with Gasteiger partial charge in [0.25, 0.3) is 12.3 Å². The number of carbonyl (C=O) groups is 1. The standard InChI is InChI=1S/C32H38F2N8O3/c1-18-10-21-12-25(36-18)27-28(29(33)34)39-40(2)31(27)45-16-20-5-4-19(11-20)14-42-26-13-23(41-9-8-35-22(15-41)17-44-3)6-7-24(26)37-32(42)38-30(21)43/h6-7,10,12-13,19-20,22,29,35H,4-5,8-9,11,14-17H2,1-3H3,(H,37,38,43)/t19-,20+,22-/m1/s1. The smallest absolute Gasteiger partial charge is 0.282 e. The van der Waals surface area contributed by atoms with Crippen LogP contribution in [0.5, 0.6) is 5.88 Å². The Morgan fingerprint density at radius 3 is 2.80 bits per heavy atom. The van der Waals surface area contributed by atoms with E-state index in [2.05, 4.69) is 42.3 Å². The zero-order valence-corrected chi connectivity index (χ0v) is 25.7. The molecule has 4 bridgehead atoms. The van der Waals surface area contributed by atoms with Crippen molar-refractivity contribution in [3.8, 4) is 17.1 Å². The summed E-state index contributed by atoms with van der Waals surface area (Å²) in [7, 11) is 3.31. The zero-order chi connectivity index (χ0) is 31.2. The number of nitrogens with one attached hydrogen (secondary N) is 2. The lowest BCUT2D eigenvalue weighted by Crippen LogP contribution is -2.52. The van der Waals surface area contributed by atoms with Crippen LogP contribution >= 0.6 is 0 Å². The van der Waals surface area contributed by atoms with E-state index in [4.69, 9.17) is 14.5 Å². The number of alkyl halides is 2. The van der Waals surface area contributed by atoms with Crippen LogP contribution in [0.25, 0.3) is 22.3 Å². The van der Waals surface area contributed by atoms with Gasteiger partial charge >= 0.3 is 0 Å². The largest absolute Gasteiger partial charge is 0.477 e. The molecular weight excluding hydrogens is 582 g/mol. The third-order valence-corrected chi connectivity index (χ3v) is 9.19. The minimum Gasteiger partial charge on any atom is -0.477 e. The summed E-state index contributed by atoms with van der Waals surface area (Å²) in [5.41, 5.74) is 3.58. The van der Waals surface area contributed by atoms with E-state index >= 15 is 0 Å². The number of pyridine rings is 1. The van der Waals surface area contributed by atoms with E-state index in [1.807, 2.05) is 6.07 Å². The van der Waals surface area contributed by atoms with Crippen molar-refractivity contribution < 1.29 is 23.0 Å². The highest BCUT2D eigenvalue weighted by atomic mass is 19.3. The number of aromatic nitrogens is 5. The fourth-order valence-electron chi connectivity index (χ4n) is 7.10. The van der Waals surface area contributed by atoms with Crippen molar-refractivity contribution in [3.05, 3.63) is 47.3 Å². The highest BCUT2D eigenvalue weighted by Crippen LogP contribution is 2.40. The number of carbonyl (C=O) groups excluding carboxylic acids is 1. The van der Waals surface area contributed by atoms with Gasteiger partial charge in [-0.2, -0.15) is 5.10 Å². The molecule has 238 valence electrons. The van der Waals surface area contributed by atoms with Gasteiger partial charge in [-0.3, -0.25) is 15.1 Å². The van der Waals surface area contributed by atoms with Crippen molar-refractivity contribution in [1.82, 2.24) is 29.6 Å². The van der Waals surface area contributed by atoms with Gasteiger partial charge in [-0.25, -0.2) is 18.4 Å². The minimum atomic E-state index is -2.84. The molecule has 2 fully saturated rings. The molecule has 1 aliphatic carbocycles. The maximum atomic E-state index is 14.2. The predicted molar refractivity (Wildman–Crippen MR) is 166 cm³/mol. The Labute approximate surface area is 259 Å². The Bertz CT molecular complexity index is 1730. The van der Waals surface area contributed by atoms with Crippen LogP contribution in [0.15, 0.2) is 30.3 Å². The molecule has 7 rings (SSSR count). The Morgan fingerprint density at radius 2 is 1.98 bits per heavy atom. The summed E-state index contributed by atoms with van der Waals surface area (Å²) in [6.45, 7) is 6.02. The zero-order valence-electron chi connectivity index (χ0n) is 25.7. The quantitative estimate of drug-likeness (QED) is 0.342. The number of rotatable bonds is 4. The fourth-order valence-corrected chi connectivity index (χ4v) is 7.10. The second-order valence-corrected chi connectivity index (χ2v) is 12.5. The van der Waals surface area contributed by atoms with E-state index in [9.17, 15) is 13.6 Å². The molecule has 1 saturated heterocycles. The van der Waals surface area contributed by atoms with E-state index in [0.717, 1.165) is 55.6 Å². The number of nitrogens with zero attached hydrogens (tertiary/aromatic N) is 6. The molecule has 0 radical (unpaired) electrons. The fraction of sp³-hybridized carbons (Fsp3) is 0.500. The molecule has 0 unspecified atom stereocenters. The van der Waals surface area contributed by atoms with Gasteiger partial charge in [-0.05, 0) is 68.4 Å². The van der Waals surface area contributed by atoms with Gasteiger partial charge in [-0.15, -0.1) is 0 Å². The summed E-state index contributed by atoms with van der Waals surface area (Å²) < 4.78 is 43.5. The van der Waals surface area contributed by atoms with Gasteiger partial charge in [0.2, 0.25) is 11.8 Å².